The molecule has 0 radical (unpaired) electrons. The number of esters is 1. The van der Waals surface area contributed by atoms with Crippen LogP contribution in [0.4, 0.5) is 0 Å². The van der Waals surface area contributed by atoms with Crippen LogP contribution in [0.5, 0.6) is 0 Å². The zero-order chi connectivity index (χ0) is 21.7. The number of benzene rings is 2. The van der Waals surface area contributed by atoms with Crippen LogP contribution in [0.15, 0.2) is 53.4 Å². The molecule has 0 saturated carbocycles. The molecule has 0 atom stereocenters. The summed E-state index contributed by atoms with van der Waals surface area (Å²) in [6.45, 7) is 5.02. The molecule has 0 aromatic heterocycles. The molecule has 8 heteroatoms. The van der Waals surface area contributed by atoms with Gasteiger partial charge in [0.25, 0.3) is 0 Å². The largest absolute Gasteiger partial charge is 0.456 e. The van der Waals surface area contributed by atoms with Crippen molar-refractivity contribution in [3.8, 4) is 6.07 Å². The number of nitrogens with zero attached hydrogens (tertiary/aromatic N) is 1. The molecule has 2 aromatic rings. The van der Waals surface area contributed by atoms with Crippen LogP contribution in [0.25, 0.3) is 0 Å². The van der Waals surface area contributed by atoms with Crippen molar-refractivity contribution in [1.29, 1.82) is 5.26 Å². The Kier molecular flexibility index (Phi) is 6.90. The van der Waals surface area contributed by atoms with E-state index in [1.54, 1.807) is 18.2 Å². The third-order valence-corrected chi connectivity index (χ3v) is 5.60. The summed E-state index contributed by atoms with van der Waals surface area (Å²) >= 11 is 0. The molecule has 7 nitrogen and oxygen atoms in total. The predicted molar refractivity (Wildman–Crippen MR) is 107 cm³/mol. The van der Waals surface area contributed by atoms with E-state index in [1.807, 2.05) is 12.1 Å². The molecule has 0 aliphatic heterocycles. The van der Waals surface area contributed by atoms with Gasteiger partial charge in [-0.15, -0.1) is 0 Å². The SMILES string of the molecule is CC(C)(C)c1ccc(C(=O)COC(=O)CNS(=O)(=O)c2ccccc2C#N)cc1. The summed E-state index contributed by atoms with van der Waals surface area (Å²) in [6, 6.07) is 14.4. The number of hydrogen-bond donors (Lipinski definition) is 1. The lowest BCUT2D eigenvalue weighted by atomic mass is 9.86. The molecule has 0 aliphatic rings. The Morgan fingerprint density at radius 3 is 2.28 bits per heavy atom. The molecule has 2 aromatic carbocycles. The van der Waals surface area contributed by atoms with Crippen LogP contribution < -0.4 is 4.72 Å². The second-order valence-corrected chi connectivity index (χ2v) is 9.08. The van der Waals surface area contributed by atoms with Crippen molar-refractivity contribution in [1.82, 2.24) is 4.72 Å². The van der Waals surface area contributed by atoms with Crippen LogP contribution in [-0.4, -0.2) is 33.3 Å². The first-order valence-electron chi connectivity index (χ1n) is 8.83. The van der Waals surface area contributed by atoms with Crippen molar-refractivity contribution in [2.24, 2.45) is 0 Å². The molecule has 0 unspecified atom stereocenters. The minimum atomic E-state index is -4.07. The summed E-state index contributed by atoms with van der Waals surface area (Å²) in [7, 11) is -4.07. The van der Waals surface area contributed by atoms with Gasteiger partial charge in [-0.05, 0) is 23.1 Å². The Morgan fingerprint density at radius 1 is 1.07 bits per heavy atom. The van der Waals surface area contributed by atoms with Gasteiger partial charge in [0.2, 0.25) is 10.0 Å². The van der Waals surface area contributed by atoms with Crippen LogP contribution in [-0.2, 0) is 25.0 Å². The lowest BCUT2D eigenvalue weighted by molar-refractivity contribution is -0.141. The molecule has 0 aliphatic carbocycles. The van der Waals surface area contributed by atoms with Crippen molar-refractivity contribution in [3.63, 3.8) is 0 Å². The number of hydrogen-bond acceptors (Lipinski definition) is 6. The van der Waals surface area contributed by atoms with Crippen LogP contribution in [0, 0.1) is 11.3 Å². The van der Waals surface area contributed by atoms with Gasteiger partial charge < -0.3 is 4.74 Å². The van der Waals surface area contributed by atoms with Gasteiger partial charge in [-0.25, -0.2) is 8.42 Å². The van der Waals surface area contributed by atoms with E-state index in [0.29, 0.717) is 5.56 Å². The highest BCUT2D eigenvalue weighted by Gasteiger charge is 2.20. The molecule has 0 saturated heterocycles. The molecule has 29 heavy (non-hydrogen) atoms. The molecule has 1 N–H and O–H groups in total. The number of ketones is 1. The smallest absolute Gasteiger partial charge is 0.321 e. The normalized spacial score (nSPS) is 11.5. The lowest BCUT2D eigenvalue weighted by Gasteiger charge is -2.18. The molecule has 2 rings (SSSR count). The third kappa shape index (κ3) is 5.98. The Hall–Kier alpha value is -3.02. The number of nitrogens with one attached hydrogen (secondary N) is 1. The first-order chi connectivity index (χ1) is 13.5. The number of Topliss-reactive ketones (excluding diaryl/α,β-unsaturated/α-hetero) is 1. The second kappa shape index (κ2) is 8.99. The van der Waals surface area contributed by atoms with Crippen molar-refractivity contribution < 1.29 is 22.7 Å². The highest BCUT2D eigenvalue weighted by atomic mass is 32.2. The summed E-state index contributed by atoms with van der Waals surface area (Å²) < 4.78 is 31.4. The van der Waals surface area contributed by atoms with Crippen LogP contribution >= 0.6 is 0 Å². The summed E-state index contributed by atoms with van der Waals surface area (Å²) in [5.74, 6) is -1.29. The van der Waals surface area contributed by atoms with Gasteiger partial charge in [0.05, 0.1) is 10.5 Å². The van der Waals surface area contributed by atoms with E-state index in [9.17, 15) is 18.0 Å². The van der Waals surface area contributed by atoms with E-state index < -0.39 is 34.9 Å². The zero-order valence-corrected chi connectivity index (χ0v) is 17.2. The monoisotopic (exact) mass is 414 g/mol. The van der Waals surface area contributed by atoms with Crippen LogP contribution in [0.2, 0.25) is 0 Å². The first-order valence-corrected chi connectivity index (χ1v) is 10.3. The van der Waals surface area contributed by atoms with Gasteiger partial charge in [0, 0.05) is 5.56 Å². The lowest BCUT2D eigenvalue weighted by Crippen LogP contribution is -2.32. The highest BCUT2D eigenvalue weighted by molar-refractivity contribution is 7.89. The average Bonchev–Trinajstić information content (AvgIpc) is 2.70. The summed E-state index contributed by atoms with van der Waals surface area (Å²) in [6.07, 6.45) is 0. The van der Waals surface area contributed by atoms with E-state index in [1.165, 1.54) is 24.3 Å². The van der Waals surface area contributed by atoms with Gasteiger partial charge in [-0.3, -0.25) is 9.59 Å². The zero-order valence-electron chi connectivity index (χ0n) is 16.4. The number of ether oxygens (including phenoxy) is 1. The number of carbonyl (C=O) groups is 2. The van der Waals surface area contributed by atoms with Crippen molar-refractivity contribution in [2.45, 2.75) is 31.1 Å². The average molecular weight is 414 g/mol. The fourth-order valence-electron chi connectivity index (χ4n) is 2.46. The Bertz CT molecular complexity index is 1050. The topological polar surface area (TPSA) is 113 Å². The van der Waals surface area contributed by atoms with E-state index in [-0.39, 0.29) is 15.9 Å². The van der Waals surface area contributed by atoms with Gasteiger partial charge >= 0.3 is 5.97 Å². The fourth-order valence-corrected chi connectivity index (χ4v) is 3.59. The molecule has 0 spiro atoms. The maximum absolute atomic E-state index is 12.3. The molecular weight excluding hydrogens is 392 g/mol. The molecule has 0 bridgehead atoms. The van der Waals surface area contributed by atoms with Gasteiger partial charge in [0.15, 0.2) is 12.4 Å². The van der Waals surface area contributed by atoms with Gasteiger partial charge in [0.1, 0.15) is 12.6 Å². The van der Waals surface area contributed by atoms with Gasteiger partial charge in [-0.1, -0.05) is 57.2 Å². The fraction of sp³-hybridized carbons (Fsp3) is 0.286. The molecule has 0 fully saturated rings. The first kappa shape index (κ1) is 22.3. The standard InChI is InChI=1S/C21H22N2O5S/c1-21(2,3)17-10-8-15(9-11-17)18(24)14-28-20(25)13-23-29(26,27)19-7-5-4-6-16(19)12-22/h4-11,23H,13-14H2,1-3H3. The molecule has 0 heterocycles. The number of rotatable bonds is 7. The Labute approximate surface area is 170 Å². The molecule has 152 valence electrons. The van der Waals surface area contributed by atoms with Crippen molar-refractivity contribution >= 4 is 21.8 Å². The van der Waals surface area contributed by atoms with Crippen LogP contribution in [0.1, 0.15) is 42.3 Å². The minimum Gasteiger partial charge on any atom is -0.456 e. The van der Waals surface area contributed by atoms with E-state index >= 15 is 0 Å². The number of sulfonamides is 1. The number of carbonyl (C=O) groups excluding carboxylic acids is 2. The molecular formula is C21H22N2O5S. The van der Waals surface area contributed by atoms with E-state index in [4.69, 9.17) is 10.00 Å². The maximum Gasteiger partial charge on any atom is 0.321 e. The highest BCUT2D eigenvalue weighted by Crippen LogP contribution is 2.22. The maximum atomic E-state index is 12.3. The van der Waals surface area contributed by atoms with E-state index in [0.717, 1.165) is 5.56 Å². The minimum absolute atomic E-state index is 0.0396. The summed E-state index contributed by atoms with van der Waals surface area (Å²) in [5.41, 5.74) is 1.38. The summed E-state index contributed by atoms with van der Waals surface area (Å²) in [4.78, 5) is 23.8. The van der Waals surface area contributed by atoms with Crippen LogP contribution in [0.3, 0.4) is 0 Å². The molecule has 0 amide bonds. The predicted octanol–water partition coefficient (Wildman–Crippen LogP) is 2.56. The van der Waals surface area contributed by atoms with Crippen molar-refractivity contribution in [3.05, 3.63) is 65.2 Å². The van der Waals surface area contributed by atoms with Crippen molar-refractivity contribution in [2.75, 3.05) is 13.2 Å². The Morgan fingerprint density at radius 2 is 1.69 bits per heavy atom. The van der Waals surface area contributed by atoms with E-state index in [2.05, 4.69) is 25.5 Å². The second-order valence-electron chi connectivity index (χ2n) is 7.34. The number of nitriles is 1. The Balaban J connectivity index is 1.91. The van der Waals surface area contributed by atoms with Gasteiger partial charge in [-0.2, -0.15) is 9.98 Å². The third-order valence-electron chi connectivity index (χ3n) is 4.14. The summed E-state index contributed by atoms with van der Waals surface area (Å²) in [5, 5.41) is 9.00. The quantitative estimate of drug-likeness (QED) is 0.550.